The molecule has 4 aromatic rings. The summed E-state index contributed by atoms with van der Waals surface area (Å²) >= 11 is 0.510. The zero-order chi connectivity index (χ0) is 17.8. The van der Waals surface area contributed by atoms with Crippen LogP contribution in [0.25, 0.3) is 27.0 Å². The predicted molar refractivity (Wildman–Crippen MR) is 88.0 cm³/mol. The Kier molecular flexibility index (Phi) is 3.33. The van der Waals surface area contributed by atoms with Crippen molar-refractivity contribution in [3.05, 3.63) is 59.2 Å². The highest BCUT2D eigenvalue weighted by Gasteiger charge is 2.40. The van der Waals surface area contributed by atoms with Crippen LogP contribution in [-0.2, 0) is 6.18 Å². The van der Waals surface area contributed by atoms with Gasteiger partial charge in [0.1, 0.15) is 4.88 Å². The van der Waals surface area contributed by atoms with E-state index in [0.29, 0.717) is 22.6 Å². The molecule has 25 heavy (non-hydrogen) atoms. The number of carbonyl (C=O) groups is 1. The second-order valence-electron chi connectivity index (χ2n) is 5.42. The summed E-state index contributed by atoms with van der Waals surface area (Å²) in [7, 11) is 0. The molecule has 0 atom stereocenters. The molecule has 2 heterocycles. The number of hydrogen-bond acceptors (Lipinski definition) is 3. The molecule has 0 bridgehead atoms. The van der Waals surface area contributed by atoms with Crippen molar-refractivity contribution >= 4 is 33.0 Å². The molecule has 8 heteroatoms. The van der Waals surface area contributed by atoms with Gasteiger partial charge in [0, 0.05) is 11.8 Å². The Morgan fingerprint density at radius 1 is 1.12 bits per heavy atom. The van der Waals surface area contributed by atoms with Gasteiger partial charge in [0.2, 0.25) is 0 Å². The number of alkyl halides is 3. The number of aromatic nitrogens is 2. The van der Waals surface area contributed by atoms with Crippen LogP contribution in [0, 0.1) is 0 Å². The number of carboxylic acids is 1. The van der Waals surface area contributed by atoms with Gasteiger partial charge >= 0.3 is 12.1 Å². The molecule has 0 spiro atoms. The Morgan fingerprint density at radius 3 is 2.52 bits per heavy atom. The van der Waals surface area contributed by atoms with Crippen LogP contribution in [0.4, 0.5) is 13.2 Å². The minimum absolute atomic E-state index is 0.00659. The highest BCUT2D eigenvalue weighted by Crippen LogP contribution is 2.38. The van der Waals surface area contributed by atoms with Crippen molar-refractivity contribution in [2.45, 2.75) is 6.18 Å². The smallest absolute Gasteiger partial charge is 0.433 e. The van der Waals surface area contributed by atoms with E-state index in [2.05, 4.69) is 4.98 Å². The quantitative estimate of drug-likeness (QED) is 0.550. The summed E-state index contributed by atoms with van der Waals surface area (Å²) in [4.78, 5) is 14.5. The topological polar surface area (TPSA) is 54.6 Å². The summed E-state index contributed by atoms with van der Waals surface area (Å²) in [5.74, 6) is -1.62. The van der Waals surface area contributed by atoms with E-state index in [0.717, 1.165) is 15.2 Å². The van der Waals surface area contributed by atoms with Gasteiger partial charge < -0.3 is 5.11 Å². The molecule has 0 amide bonds. The van der Waals surface area contributed by atoms with E-state index in [1.807, 2.05) is 36.4 Å². The van der Waals surface area contributed by atoms with Gasteiger partial charge in [0.15, 0.2) is 10.7 Å². The third-order valence-electron chi connectivity index (χ3n) is 3.83. The molecule has 4 rings (SSSR count). The van der Waals surface area contributed by atoms with Crippen LogP contribution in [0.5, 0.6) is 0 Å². The number of hydrogen-bond donors (Lipinski definition) is 1. The van der Waals surface area contributed by atoms with E-state index in [9.17, 15) is 18.0 Å². The zero-order valence-corrected chi connectivity index (χ0v) is 13.2. The molecule has 0 aliphatic rings. The van der Waals surface area contributed by atoms with Crippen molar-refractivity contribution in [3.8, 4) is 11.3 Å². The molecule has 1 N–H and O–H groups in total. The standard InChI is InChI=1S/C17H9F3N2O2S/c18-17(19,20)14-13(15(23)24)25-16-21-12(8-22(14)16)11-6-5-9-3-1-2-4-10(9)7-11/h1-8H,(H,23,24). The van der Waals surface area contributed by atoms with Crippen LogP contribution >= 0.6 is 11.3 Å². The lowest BCUT2D eigenvalue weighted by molar-refractivity contribution is -0.142. The van der Waals surface area contributed by atoms with Gasteiger partial charge in [-0.2, -0.15) is 13.2 Å². The molecule has 2 aromatic heterocycles. The van der Waals surface area contributed by atoms with Crippen LogP contribution in [0.1, 0.15) is 15.4 Å². The average molecular weight is 362 g/mol. The highest BCUT2D eigenvalue weighted by molar-refractivity contribution is 7.19. The summed E-state index contributed by atoms with van der Waals surface area (Å²) in [6.45, 7) is 0. The Hall–Kier alpha value is -2.87. The first-order valence-electron chi connectivity index (χ1n) is 7.16. The number of fused-ring (bicyclic) bond motifs is 2. The van der Waals surface area contributed by atoms with Crippen LogP contribution in [0.15, 0.2) is 48.7 Å². The van der Waals surface area contributed by atoms with Crippen molar-refractivity contribution in [1.29, 1.82) is 0 Å². The van der Waals surface area contributed by atoms with Crippen LogP contribution in [0.2, 0.25) is 0 Å². The highest BCUT2D eigenvalue weighted by atomic mass is 32.1. The van der Waals surface area contributed by atoms with Gasteiger partial charge in [-0.25, -0.2) is 9.78 Å². The predicted octanol–water partition coefficient (Wildman–Crippen LogP) is 4.93. The number of halogens is 3. The molecule has 2 aromatic carbocycles. The average Bonchev–Trinajstić information content (AvgIpc) is 3.11. The van der Waals surface area contributed by atoms with Gasteiger partial charge in [0.25, 0.3) is 0 Å². The number of benzene rings is 2. The minimum Gasteiger partial charge on any atom is -0.477 e. The van der Waals surface area contributed by atoms with Crippen LogP contribution < -0.4 is 0 Å². The number of carboxylic acid groups (broad SMARTS) is 1. The Bertz CT molecular complexity index is 1130. The second-order valence-corrected chi connectivity index (χ2v) is 6.40. The maximum absolute atomic E-state index is 13.3. The molecule has 0 fully saturated rings. The molecule has 126 valence electrons. The Balaban J connectivity index is 1.91. The lowest BCUT2D eigenvalue weighted by atomic mass is 10.1. The number of nitrogens with zero attached hydrogens (tertiary/aromatic N) is 2. The first-order valence-corrected chi connectivity index (χ1v) is 7.98. The van der Waals surface area contributed by atoms with Crippen molar-refractivity contribution in [3.63, 3.8) is 0 Å². The first kappa shape index (κ1) is 15.6. The fourth-order valence-electron chi connectivity index (χ4n) is 2.74. The van der Waals surface area contributed by atoms with E-state index in [1.54, 1.807) is 6.07 Å². The third-order valence-corrected chi connectivity index (χ3v) is 4.87. The van der Waals surface area contributed by atoms with Crippen molar-refractivity contribution in [2.75, 3.05) is 0 Å². The van der Waals surface area contributed by atoms with E-state index in [1.165, 1.54) is 6.20 Å². The molecule has 0 aliphatic heterocycles. The summed E-state index contributed by atoms with van der Waals surface area (Å²) in [5, 5.41) is 11.0. The maximum atomic E-state index is 13.3. The fraction of sp³-hybridized carbons (Fsp3) is 0.0588. The fourth-order valence-corrected chi connectivity index (χ4v) is 3.71. The Morgan fingerprint density at radius 2 is 1.84 bits per heavy atom. The van der Waals surface area contributed by atoms with Crippen LogP contribution in [0.3, 0.4) is 0 Å². The van der Waals surface area contributed by atoms with Crippen molar-refractivity contribution in [1.82, 2.24) is 9.38 Å². The van der Waals surface area contributed by atoms with Gasteiger partial charge in [-0.3, -0.25) is 4.40 Å². The van der Waals surface area contributed by atoms with E-state index in [4.69, 9.17) is 5.11 Å². The monoisotopic (exact) mass is 362 g/mol. The van der Waals surface area contributed by atoms with Gasteiger partial charge in [-0.1, -0.05) is 47.7 Å². The number of thiazole rings is 1. The summed E-state index contributed by atoms with van der Waals surface area (Å²) in [5.41, 5.74) is -0.182. The number of aromatic carboxylic acids is 1. The van der Waals surface area contributed by atoms with Gasteiger partial charge in [-0.05, 0) is 16.8 Å². The molecule has 0 aliphatic carbocycles. The molecule has 0 radical (unpaired) electrons. The lowest BCUT2D eigenvalue weighted by Gasteiger charge is -2.06. The zero-order valence-electron chi connectivity index (χ0n) is 12.4. The van der Waals surface area contributed by atoms with E-state index in [-0.39, 0.29) is 4.96 Å². The number of rotatable bonds is 2. The Labute approximate surface area is 142 Å². The third kappa shape index (κ3) is 2.54. The van der Waals surface area contributed by atoms with Gasteiger partial charge in [-0.15, -0.1) is 0 Å². The molecule has 0 unspecified atom stereocenters. The summed E-state index contributed by atoms with van der Waals surface area (Å²) < 4.78 is 40.7. The van der Waals surface area contributed by atoms with Crippen molar-refractivity contribution < 1.29 is 23.1 Å². The largest absolute Gasteiger partial charge is 0.477 e. The second kappa shape index (κ2) is 5.32. The SMILES string of the molecule is O=C(O)c1sc2nc(-c3ccc4ccccc4c3)cn2c1C(F)(F)F. The summed E-state index contributed by atoms with van der Waals surface area (Å²) in [6.07, 6.45) is -3.56. The van der Waals surface area contributed by atoms with E-state index >= 15 is 0 Å². The van der Waals surface area contributed by atoms with E-state index < -0.39 is 22.7 Å². The molecule has 0 saturated heterocycles. The van der Waals surface area contributed by atoms with Crippen molar-refractivity contribution in [2.24, 2.45) is 0 Å². The lowest BCUT2D eigenvalue weighted by Crippen LogP contribution is -2.13. The number of imidazole rings is 1. The van der Waals surface area contributed by atoms with Crippen LogP contribution in [-0.4, -0.2) is 20.5 Å². The minimum atomic E-state index is -4.78. The summed E-state index contributed by atoms with van der Waals surface area (Å²) in [6, 6.07) is 13.1. The molecular weight excluding hydrogens is 353 g/mol. The molecule has 0 saturated carbocycles. The maximum Gasteiger partial charge on any atom is 0.433 e. The molecular formula is C17H9F3N2O2S. The van der Waals surface area contributed by atoms with Gasteiger partial charge in [0.05, 0.1) is 5.69 Å². The normalized spacial score (nSPS) is 12.1. The first-order chi connectivity index (χ1) is 11.8. The molecule has 4 nitrogen and oxygen atoms in total.